The van der Waals surface area contributed by atoms with Crippen LogP contribution in [0.15, 0.2) is 0 Å². The Bertz CT molecular complexity index is 239. The summed E-state index contributed by atoms with van der Waals surface area (Å²) in [4.78, 5) is 0. The van der Waals surface area contributed by atoms with E-state index in [9.17, 15) is 0 Å². The van der Waals surface area contributed by atoms with Crippen molar-refractivity contribution in [2.45, 2.75) is 70.3 Å². The van der Waals surface area contributed by atoms with Gasteiger partial charge in [-0.15, -0.1) is 0 Å². The first kappa shape index (κ1) is 13.5. The molecule has 3 heteroatoms. The lowest BCUT2D eigenvalue weighted by Crippen LogP contribution is -2.56. The minimum absolute atomic E-state index is 0.299. The standard InChI is InChI=1S/C12H28NSi2/c1-11(2,3)14-9-10-15(8,13(14)7)12(4,5)6/h9-10H2,1-8H3. The molecule has 1 nitrogen and oxygen atoms in total. The van der Waals surface area contributed by atoms with Crippen molar-refractivity contribution in [1.29, 1.82) is 0 Å². The van der Waals surface area contributed by atoms with Gasteiger partial charge in [-0.3, -0.25) is 0 Å². The summed E-state index contributed by atoms with van der Waals surface area (Å²) in [6, 6.07) is 3.02. The number of nitrogens with zero attached hydrogens (tertiary/aromatic N) is 1. The molecule has 0 spiro atoms. The van der Waals surface area contributed by atoms with Gasteiger partial charge in [0.1, 0.15) is 17.2 Å². The van der Waals surface area contributed by atoms with Gasteiger partial charge in [0.05, 0.1) is 0 Å². The van der Waals surface area contributed by atoms with Gasteiger partial charge in [-0.05, 0) is 29.2 Å². The molecule has 1 saturated heterocycles. The third-order valence-electron chi connectivity index (χ3n) is 4.48. The van der Waals surface area contributed by atoms with Crippen LogP contribution in [0.4, 0.5) is 0 Å². The Balaban J connectivity index is 2.94. The van der Waals surface area contributed by atoms with Gasteiger partial charge in [0, 0.05) is 0 Å². The Morgan fingerprint density at radius 3 is 1.73 bits per heavy atom. The highest BCUT2D eigenvalue weighted by atomic mass is 28.4. The van der Waals surface area contributed by atoms with Crippen molar-refractivity contribution in [3.63, 3.8) is 0 Å². The maximum absolute atomic E-state index is 2.87. The van der Waals surface area contributed by atoms with Gasteiger partial charge in [-0.25, -0.2) is 0 Å². The average Bonchev–Trinajstić information content (AvgIpc) is 2.27. The summed E-state index contributed by atoms with van der Waals surface area (Å²) in [5.41, 5.74) is 0. The molecule has 0 aromatic heterocycles. The molecule has 0 N–H and O–H groups in total. The molecule has 1 fully saturated rings. The van der Waals surface area contributed by atoms with E-state index in [1.165, 1.54) is 12.1 Å². The molecule has 1 heterocycles. The van der Waals surface area contributed by atoms with E-state index in [4.69, 9.17) is 0 Å². The van der Waals surface area contributed by atoms with Crippen LogP contribution in [0.3, 0.4) is 0 Å². The summed E-state index contributed by atoms with van der Waals surface area (Å²) in [6.07, 6.45) is 0. The van der Waals surface area contributed by atoms with E-state index in [0.717, 1.165) is 0 Å². The highest BCUT2D eigenvalue weighted by molar-refractivity contribution is 6.91. The van der Waals surface area contributed by atoms with E-state index in [2.05, 4.69) is 59.4 Å². The highest BCUT2D eigenvalue weighted by Crippen LogP contribution is 2.50. The fraction of sp³-hybridized carbons (Fsp3) is 1.00. The predicted octanol–water partition coefficient (Wildman–Crippen LogP) is 4.10. The molecule has 0 bridgehead atoms. The van der Waals surface area contributed by atoms with E-state index in [1.807, 2.05) is 0 Å². The largest absolute Gasteiger partial charge is 0.348 e. The summed E-state index contributed by atoms with van der Waals surface area (Å²) in [5.74, 6) is 0. The third-order valence-corrected chi connectivity index (χ3v) is 16.5. The minimum Gasteiger partial charge on any atom is -0.348 e. The molecule has 15 heavy (non-hydrogen) atoms. The molecule has 0 amide bonds. The van der Waals surface area contributed by atoms with Gasteiger partial charge in [0.15, 0.2) is 0 Å². The van der Waals surface area contributed by atoms with Gasteiger partial charge in [-0.1, -0.05) is 48.1 Å². The van der Waals surface area contributed by atoms with Crippen molar-refractivity contribution in [2.75, 3.05) is 7.05 Å². The van der Waals surface area contributed by atoms with Crippen LogP contribution in [-0.2, 0) is 0 Å². The Morgan fingerprint density at radius 1 is 1.07 bits per heavy atom. The van der Waals surface area contributed by atoms with Gasteiger partial charge < -0.3 is 4.23 Å². The third kappa shape index (κ3) is 2.24. The van der Waals surface area contributed by atoms with Gasteiger partial charge in [0.25, 0.3) is 0 Å². The van der Waals surface area contributed by atoms with Crippen LogP contribution in [0.25, 0.3) is 0 Å². The van der Waals surface area contributed by atoms with Gasteiger partial charge in [0.2, 0.25) is 0 Å². The highest BCUT2D eigenvalue weighted by Gasteiger charge is 2.53. The van der Waals surface area contributed by atoms with Gasteiger partial charge in [-0.2, -0.15) is 0 Å². The first-order chi connectivity index (χ1) is 6.50. The van der Waals surface area contributed by atoms with Gasteiger partial charge >= 0.3 is 0 Å². The summed E-state index contributed by atoms with van der Waals surface area (Å²) in [7, 11) is 0.936. The Hall–Kier alpha value is 0.394. The molecule has 1 aliphatic rings. The molecule has 89 valence electrons. The topological polar surface area (TPSA) is 3.24 Å². The van der Waals surface area contributed by atoms with E-state index >= 15 is 0 Å². The van der Waals surface area contributed by atoms with Crippen LogP contribution in [0.1, 0.15) is 41.5 Å². The number of hydrogen-bond donors (Lipinski definition) is 0. The molecule has 0 saturated carbocycles. The van der Waals surface area contributed by atoms with Crippen LogP contribution in [0, 0.1) is 0 Å². The Morgan fingerprint density at radius 2 is 1.53 bits per heavy atom. The second kappa shape index (κ2) is 3.71. The summed E-state index contributed by atoms with van der Waals surface area (Å²) >= 11 is 0. The van der Waals surface area contributed by atoms with Crippen LogP contribution >= 0.6 is 0 Å². The van der Waals surface area contributed by atoms with Crippen LogP contribution < -0.4 is 0 Å². The number of rotatable bonds is 0. The SMILES string of the molecule is CN1[Si](C(C)(C)C)CC[Si]1(C)C(C)(C)C. The zero-order chi connectivity index (χ0) is 12.1. The van der Waals surface area contributed by atoms with Crippen molar-refractivity contribution in [2.24, 2.45) is 0 Å². The molecule has 0 aromatic rings. The van der Waals surface area contributed by atoms with Crippen molar-refractivity contribution < 1.29 is 0 Å². The molecular weight excluding hydrogens is 214 g/mol. The fourth-order valence-electron chi connectivity index (χ4n) is 2.75. The molecular formula is C12H28NSi2. The molecule has 1 rings (SSSR count). The molecule has 0 aliphatic carbocycles. The maximum Gasteiger partial charge on any atom is 0.134 e. The predicted molar refractivity (Wildman–Crippen MR) is 74.2 cm³/mol. The normalized spacial score (nSPS) is 31.2. The van der Waals surface area contributed by atoms with Crippen LogP contribution in [0.5, 0.6) is 0 Å². The minimum atomic E-state index is -1.19. The quantitative estimate of drug-likeness (QED) is 0.578. The molecule has 1 aliphatic heterocycles. The summed E-state index contributed by atoms with van der Waals surface area (Å²) in [5, 5.41) is 1.06. The lowest BCUT2D eigenvalue weighted by atomic mass is 10.2. The molecule has 1 atom stereocenters. The maximum atomic E-state index is 2.87. The van der Waals surface area contributed by atoms with E-state index in [0.29, 0.717) is 10.1 Å². The second-order valence-corrected chi connectivity index (χ2v) is 16.5. The number of hydrogen-bond acceptors (Lipinski definition) is 1. The summed E-state index contributed by atoms with van der Waals surface area (Å²) in [6.45, 7) is 17.2. The molecule has 1 radical (unpaired) electrons. The fourth-order valence-corrected chi connectivity index (χ4v) is 14.9. The summed E-state index contributed by atoms with van der Waals surface area (Å²) < 4.78 is 2.87. The van der Waals surface area contributed by atoms with Crippen molar-refractivity contribution in [3.8, 4) is 0 Å². The zero-order valence-electron chi connectivity index (χ0n) is 11.9. The van der Waals surface area contributed by atoms with Crippen LogP contribution in [0.2, 0.25) is 28.7 Å². The second-order valence-electron chi connectivity index (χ2n) is 7.28. The van der Waals surface area contributed by atoms with E-state index in [-0.39, 0.29) is 8.96 Å². The monoisotopic (exact) mass is 242 g/mol. The Labute approximate surface area is 99.0 Å². The van der Waals surface area contributed by atoms with Crippen LogP contribution in [-0.4, -0.2) is 28.5 Å². The zero-order valence-corrected chi connectivity index (χ0v) is 13.9. The molecule has 0 aromatic carbocycles. The van der Waals surface area contributed by atoms with Crippen molar-refractivity contribution in [1.82, 2.24) is 4.23 Å². The lowest BCUT2D eigenvalue weighted by Gasteiger charge is -2.46. The first-order valence-corrected chi connectivity index (χ1v) is 10.4. The molecule has 1 unspecified atom stereocenters. The average molecular weight is 243 g/mol. The first-order valence-electron chi connectivity index (χ1n) is 6.10. The Kier molecular flexibility index (Phi) is 3.33. The van der Waals surface area contributed by atoms with E-state index < -0.39 is 8.24 Å². The van der Waals surface area contributed by atoms with E-state index in [1.54, 1.807) is 0 Å². The van der Waals surface area contributed by atoms with Crippen molar-refractivity contribution >= 4 is 17.2 Å². The lowest BCUT2D eigenvalue weighted by molar-refractivity contribution is 0.605. The van der Waals surface area contributed by atoms with Crippen molar-refractivity contribution in [3.05, 3.63) is 0 Å². The smallest absolute Gasteiger partial charge is 0.134 e.